The summed E-state index contributed by atoms with van der Waals surface area (Å²) in [4.78, 5) is 16.8. The Morgan fingerprint density at radius 1 is 1.19 bits per heavy atom. The lowest BCUT2D eigenvalue weighted by Crippen LogP contribution is -2.40. The molecule has 0 atom stereocenters. The Kier molecular flexibility index (Phi) is 5.27. The summed E-state index contributed by atoms with van der Waals surface area (Å²) in [7, 11) is 0. The zero-order valence-electron chi connectivity index (χ0n) is 14.7. The Hall–Kier alpha value is -2.57. The van der Waals surface area contributed by atoms with Crippen LogP contribution in [0.4, 0.5) is 0 Å². The van der Waals surface area contributed by atoms with Gasteiger partial charge in [-0.25, -0.2) is 4.98 Å². The molecule has 1 aliphatic rings. The minimum atomic E-state index is -0.0229. The van der Waals surface area contributed by atoms with E-state index >= 15 is 0 Å². The number of aromatic nitrogens is 2. The second-order valence-electron chi connectivity index (χ2n) is 6.53. The van der Waals surface area contributed by atoms with Crippen LogP contribution in [-0.4, -0.2) is 34.7 Å². The van der Waals surface area contributed by atoms with E-state index in [0.29, 0.717) is 29.7 Å². The smallest absolute Gasteiger partial charge is 0.240 e. The quantitative estimate of drug-likeness (QED) is 0.726. The Morgan fingerprint density at radius 2 is 1.93 bits per heavy atom. The number of rotatable bonds is 5. The highest BCUT2D eigenvalue weighted by Crippen LogP contribution is 2.26. The molecule has 0 aliphatic carbocycles. The summed E-state index contributed by atoms with van der Waals surface area (Å²) >= 11 is 5.91. The lowest BCUT2D eigenvalue weighted by molar-refractivity contribution is -0.122. The zero-order chi connectivity index (χ0) is 18.6. The van der Waals surface area contributed by atoms with Gasteiger partial charge in [-0.05, 0) is 49.2 Å². The van der Waals surface area contributed by atoms with E-state index in [-0.39, 0.29) is 18.5 Å². The lowest BCUT2D eigenvalue weighted by Gasteiger charge is -2.23. The number of nitrogens with one attached hydrogen (secondary N) is 1. The molecule has 1 aromatic heterocycles. The first kappa shape index (κ1) is 17.8. The molecule has 1 amide bonds. The number of ether oxygens (including phenoxy) is 2. The van der Waals surface area contributed by atoms with E-state index in [1.165, 1.54) is 0 Å². The van der Waals surface area contributed by atoms with Crippen molar-refractivity contribution in [1.29, 1.82) is 0 Å². The third-order valence-corrected chi connectivity index (χ3v) is 4.79. The van der Waals surface area contributed by atoms with Gasteiger partial charge in [-0.2, -0.15) is 0 Å². The van der Waals surface area contributed by atoms with Crippen molar-refractivity contribution in [3.8, 4) is 11.5 Å². The Balaban J connectivity index is 1.48. The molecule has 0 saturated carbocycles. The van der Waals surface area contributed by atoms with E-state index in [0.717, 1.165) is 23.9 Å². The molecule has 0 unspecified atom stereocenters. The molecule has 7 heteroatoms. The molecule has 1 fully saturated rings. The molecule has 2 heterocycles. The molecule has 2 aromatic carbocycles. The maximum atomic E-state index is 12.4. The first-order valence-electron chi connectivity index (χ1n) is 8.93. The van der Waals surface area contributed by atoms with Crippen LogP contribution in [0.5, 0.6) is 11.5 Å². The largest absolute Gasteiger partial charge is 0.457 e. The molecule has 3 aromatic rings. The molecular formula is C20H20ClN3O3. The van der Waals surface area contributed by atoms with Crippen LogP contribution in [0.15, 0.2) is 48.8 Å². The van der Waals surface area contributed by atoms with Gasteiger partial charge in [0.2, 0.25) is 5.91 Å². The predicted molar refractivity (Wildman–Crippen MR) is 103 cm³/mol. The number of carbonyl (C=O) groups is 1. The van der Waals surface area contributed by atoms with E-state index in [4.69, 9.17) is 21.1 Å². The summed E-state index contributed by atoms with van der Waals surface area (Å²) in [5.74, 6) is 1.35. The molecule has 27 heavy (non-hydrogen) atoms. The Labute approximate surface area is 162 Å². The molecule has 1 saturated heterocycles. The van der Waals surface area contributed by atoms with Gasteiger partial charge in [0.25, 0.3) is 0 Å². The van der Waals surface area contributed by atoms with Crippen molar-refractivity contribution in [2.75, 3.05) is 13.2 Å². The minimum absolute atomic E-state index is 0.0229. The molecule has 0 radical (unpaired) electrons. The average Bonchev–Trinajstić information content (AvgIpc) is 3.06. The number of carbonyl (C=O) groups excluding carboxylic acids is 1. The Bertz CT molecular complexity index is 933. The van der Waals surface area contributed by atoms with Crippen molar-refractivity contribution in [3.63, 3.8) is 0 Å². The third-order valence-electron chi connectivity index (χ3n) is 4.54. The monoisotopic (exact) mass is 385 g/mol. The van der Waals surface area contributed by atoms with Gasteiger partial charge in [-0.3, -0.25) is 4.79 Å². The first-order valence-corrected chi connectivity index (χ1v) is 9.30. The number of halogens is 1. The van der Waals surface area contributed by atoms with Gasteiger partial charge >= 0.3 is 0 Å². The highest BCUT2D eigenvalue weighted by molar-refractivity contribution is 6.30. The van der Waals surface area contributed by atoms with Crippen LogP contribution in [0.25, 0.3) is 11.0 Å². The summed E-state index contributed by atoms with van der Waals surface area (Å²) in [6.45, 7) is 1.62. The number of fused-ring (bicyclic) bond motifs is 1. The lowest BCUT2D eigenvalue weighted by atomic mass is 10.1. The molecule has 4 rings (SSSR count). The first-order chi connectivity index (χ1) is 13.2. The normalized spacial score (nSPS) is 15.0. The van der Waals surface area contributed by atoms with Gasteiger partial charge in [0, 0.05) is 30.3 Å². The topological polar surface area (TPSA) is 65.4 Å². The average molecular weight is 386 g/mol. The van der Waals surface area contributed by atoms with Crippen LogP contribution in [-0.2, 0) is 16.1 Å². The number of nitrogens with zero attached hydrogens (tertiary/aromatic N) is 2. The van der Waals surface area contributed by atoms with Gasteiger partial charge in [0.15, 0.2) is 0 Å². The number of amides is 1. The maximum Gasteiger partial charge on any atom is 0.240 e. The molecule has 140 valence electrons. The van der Waals surface area contributed by atoms with Crippen molar-refractivity contribution in [1.82, 2.24) is 14.9 Å². The highest BCUT2D eigenvalue weighted by Gasteiger charge is 2.17. The summed E-state index contributed by atoms with van der Waals surface area (Å²) in [5.41, 5.74) is 1.67. The summed E-state index contributed by atoms with van der Waals surface area (Å²) < 4.78 is 13.0. The van der Waals surface area contributed by atoms with Gasteiger partial charge in [0.05, 0.1) is 17.4 Å². The van der Waals surface area contributed by atoms with Crippen LogP contribution in [0.1, 0.15) is 12.8 Å². The maximum absolute atomic E-state index is 12.4. The summed E-state index contributed by atoms with van der Waals surface area (Å²) in [5, 5.41) is 3.73. The van der Waals surface area contributed by atoms with Crippen molar-refractivity contribution in [3.05, 3.63) is 53.8 Å². The fourth-order valence-corrected chi connectivity index (χ4v) is 3.26. The third kappa shape index (κ3) is 4.40. The van der Waals surface area contributed by atoms with Gasteiger partial charge in [-0.1, -0.05) is 11.6 Å². The van der Waals surface area contributed by atoms with Gasteiger partial charge in [0.1, 0.15) is 18.0 Å². The number of benzene rings is 2. The fourth-order valence-electron chi connectivity index (χ4n) is 3.13. The van der Waals surface area contributed by atoms with Crippen LogP contribution in [0, 0.1) is 0 Å². The summed E-state index contributed by atoms with van der Waals surface area (Å²) in [6.07, 6.45) is 3.39. The highest BCUT2D eigenvalue weighted by atomic mass is 35.5. The van der Waals surface area contributed by atoms with Crippen LogP contribution in [0.2, 0.25) is 5.02 Å². The van der Waals surface area contributed by atoms with E-state index in [1.807, 2.05) is 34.9 Å². The molecule has 1 N–H and O–H groups in total. The molecule has 0 spiro atoms. The number of hydrogen-bond donors (Lipinski definition) is 1. The van der Waals surface area contributed by atoms with Crippen LogP contribution < -0.4 is 10.1 Å². The summed E-state index contributed by atoms with van der Waals surface area (Å²) in [6, 6.07) is 13.0. The SMILES string of the molecule is O=C(Cn1cnc2ccc(Oc3ccc(Cl)cc3)cc21)NC1CCOCC1. The van der Waals surface area contributed by atoms with Crippen LogP contribution >= 0.6 is 11.6 Å². The van der Waals surface area contributed by atoms with E-state index < -0.39 is 0 Å². The second-order valence-corrected chi connectivity index (χ2v) is 6.97. The molecule has 0 bridgehead atoms. The van der Waals surface area contributed by atoms with Gasteiger partial charge < -0.3 is 19.4 Å². The minimum Gasteiger partial charge on any atom is -0.457 e. The van der Waals surface area contributed by atoms with Crippen molar-refractivity contribution >= 4 is 28.5 Å². The standard InChI is InChI=1S/C20H20ClN3O3/c21-14-1-3-16(4-2-14)27-17-5-6-18-19(11-17)24(13-22-18)12-20(25)23-15-7-9-26-10-8-15/h1-6,11,13,15H,7-10,12H2,(H,23,25). The molecule has 6 nitrogen and oxygen atoms in total. The van der Waals surface area contributed by atoms with Crippen LogP contribution in [0.3, 0.4) is 0 Å². The van der Waals surface area contributed by atoms with E-state index in [2.05, 4.69) is 10.3 Å². The van der Waals surface area contributed by atoms with E-state index in [9.17, 15) is 4.79 Å². The second kappa shape index (κ2) is 7.98. The number of hydrogen-bond acceptors (Lipinski definition) is 4. The predicted octanol–water partition coefficient (Wildman–Crippen LogP) is 3.78. The van der Waals surface area contributed by atoms with Crippen molar-refractivity contribution < 1.29 is 14.3 Å². The van der Waals surface area contributed by atoms with Gasteiger partial charge in [-0.15, -0.1) is 0 Å². The van der Waals surface area contributed by atoms with Crippen molar-refractivity contribution in [2.24, 2.45) is 0 Å². The number of imidazole rings is 1. The molecule has 1 aliphatic heterocycles. The van der Waals surface area contributed by atoms with E-state index in [1.54, 1.807) is 18.5 Å². The zero-order valence-corrected chi connectivity index (χ0v) is 15.5. The molecular weight excluding hydrogens is 366 g/mol. The van der Waals surface area contributed by atoms with Crippen molar-refractivity contribution in [2.45, 2.75) is 25.4 Å². The fraction of sp³-hybridized carbons (Fsp3) is 0.300. The Morgan fingerprint density at radius 3 is 2.70 bits per heavy atom.